The number of nitrogens with one attached hydrogen (secondary N) is 1. The van der Waals surface area contributed by atoms with Crippen LogP contribution < -0.4 is 10.1 Å². The predicted octanol–water partition coefficient (Wildman–Crippen LogP) is 2.09. The molecular weight excluding hydrogens is 344 g/mol. The molecule has 2 bridgehead atoms. The van der Waals surface area contributed by atoms with Gasteiger partial charge in [-0.1, -0.05) is 23.8 Å². The Hall–Kier alpha value is -2.34. The highest BCUT2D eigenvalue weighted by molar-refractivity contribution is 6.31. The van der Waals surface area contributed by atoms with E-state index in [9.17, 15) is 14.4 Å². The lowest BCUT2D eigenvalue weighted by Crippen LogP contribution is -2.39. The average Bonchev–Trinajstić information content (AvgIpc) is 3.25. The zero-order valence-corrected chi connectivity index (χ0v) is 14.3. The first-order valence-electron chi connectivity index (χ1n) is 8.16. The van der Waals surface area contributed by atoms with Crippen LogP contribution in [0.5, 0.6) is 5.75 Å². The number of anilines is 1. The topological polar surface area (TPSA) is 75.7 Å². The third kappa shape index (κ3) is 2.52. The summed E-state index contributed by atoms with van der Waals surface area (Å²) in [5.74, 6) is -0.800. The van der Waals surface area contributed by atoms with E-state index in [1.54, 1.807) is 18.2 Å². The van der Waals surface area contributed by atoms with E-state index < -0.39 is 5.91 Å². The Morgan fingerprint density at radius 3 is 2.48 bits per heavy atom. The van der Waals surface area contributed by atoms with E-state index >= 15 is 0 Å². The summed E-state index contributed by atoms with van der Waals surface area (Å²) in [5, 5.41) is 3.11. The van der Waals surface area contributed by atoms with Gasteiger partial charge in [-0.15, -0.1) is 0 Å². The number of hydrogen-bond acceptors (Lipinski definition) is 4. The molecule has 0 radical (unpaired) electrons. The van der Waals surface area contributed by atoms with Crippen LogP contribution in [0.25, 0.3) is 0 Å². The molecule has 1 saturated heterocycles. The lowest BCUT2D eigenvalue weighted by atomic mass is 9.85. The maximum atomic E-state index is 12.6. The van der Waals surface area contributed by atoms with E-state index in [1.165, 1.54) is 7.11 Å². The van der Waals surface area contributed by atoms with Gasteiger partial charge in [0.15, 0.2) is 0 Å². The minimum Gasteiger partial charge on any atom is -0.495 e. The zero-order valence-electron chi connectivity index (χ0n) is 13.6. The lowest BCUT2D eigenvalue weighted by Gasteiger charge is -2.17. The number of hydrogen-bond donors (Lipinski definition) is 1. The van der Waals surface area contributed by atoms with Crippen LogP contribution in [0.4, 0.5) is 5.69 Å². The summed E-state index contributed by atoms with van der Waals surface area (Å²) in [5.41, 5.74) is 0.404. The molecule has 1 N–H and O–H groups in total. The summed E-state index contributed by atoms with van der Waals surface area (Å²) in [6.07, 6.45) is 4.92. The number of nitrogens with zero attached hydrogens (tertiary/aromatic N) is 1. The number of ether oxygens (including phenoxy) is 1. The van der Waals surface area contributed by atoms with Crippen LogP contribution in [0.1, 0.15) is 6.42 Å². The van der Waals surface area contributed by atoms with E-state index in [-0.39, 0.29) is 42.0 Å². The van der Waals surface area contributed by atoms with Crippen molar-refractivity contribution in [2.45, 2.75) is 6.42 Å². The highest BCUT2D eigenvalue weighted by Crippen LogP contribution is 2.52. The van der Waals surface area contributed by atoms with E-state index in [0.717, 1.165) is 11.3 Å². The van der Waals surface area contributed by atoms with Crippen molar-refractivity contribution in [3.63, 3.8) is 0 Å². The third-order valence-corrected chi connectivity index (χ3v) is 5.53. The van der Waals surface area contributed by atoms with Gasteiger partial charge in [-0.2, -0.15) is 0 Å². The molecule has 3 amide bonds. The minimum atomic E-state index is -0.456. The van der Waals surface area contributed by atoms with Gasteiger partial charge in [-0.05, 0) is 36.5 Å². The molecule has 1 aromatic rings. The molecule has 1 heterocycles. The Morgan fingerprint density at radius 1 is 1.24 bits per heavy atom. The smallest absolute Gasteiger partial charge is 0.244 e. The zero-order chi connectivity index (χ0) is 17.7. The van der Waals surface area contributed by atoms with Crippen LogP contribution in [0.15, 0.2) is 30.4 Å². The molecule has 2 aliphatic carbocycles. The lowest BCUT2D eigenvalue weighted by molar-refractivity contribution is -0.143. The molecule has 6 nitrogen and oxygen atoms in total. The van der Waals surface area contributed by atoms with Gasteiger partial charge in [-0.25, -0.2) is 0 Å². The number of amides is 3. The standard InChI is InChI=1S/C18H17ClN2O4/c1-25-13-5-4-11(19)7-12(13)20-14(22)8-21-17(23)15-9-2-3-10(6-9)16(15)18(21)24/h2-5,7,9-10,15-16H,6,8H2,1H3,(H,20,22)/t9-,10-,15+,16+/m0/s1. The minimum absolute atomic E-state index is 0.132. The van der Waals surface area contributed by atoms with Crippen molar-refractivity contribution < 1.29 is 19.1 Å². The molecule has 0 unspecified atom stereocenters. The van der Waals surface area contributed by atoms with Gasteiger partial charge in [0, 0.05) is 5.02 Å². The number of carbonyl (C=O) groups excluding carboxylic acids is 3. The van der Waals surface area contributed by atoms with Crippen molar-refractivity contribution in [2.24, 2.45) is 23.7 Å². The molecule has 0 spiro atoms. The summed E-state index contributed by atoms with van der Waals surface area (Å²) >= 11 is 5.95. The number of likely N-dealkylation sites (tertiary alicyclic amines) is 1. The van der Waals surface area contributed by atoms with Crippen molar-refractivity contribution in [2.75, 3.05) is 19.0 Å². The molecule has 1 aromatic carbocycles. The number of allylic oxidation sites excluding steroid dienone is 2. The van der Waals surface area contributed by atoms with Gasteiger partial charge in [-0.3, -0.25) is 19.3 Å². The van der Waals surface area contributed by atoms with Crippen molar-refractivity contribution in [1.82, 2.24) is 4.90 Å². The van der Waals surface area contributed by atoms with E-state index in [1.807, 2.05) is 12.2 Å². The summed E-state index contributed by atoms with van der Waals surface area (Å²) in [6.45, 7) is -0.292. The molecule has 2 fully saturated rings. The van der Waals surface area contributed by atoms with Gasteiger partial charge in [0.25, 0.3) is 0 Å². The molecular formula is C18H17ClN2O4. The van der Waals surface area contributed by atoms with E-state index in [4.69, 9.17) is 16.3 Å². The molecule has 25 heavy (non-hydrogen) atoms. The van der Waals surface area contributed by atoms with Crippen LogP contribution in [-0.2, 0) is 14.4 Å². The highest BCUT2D eigenvalue weighted by Gasteiger charge is 2.59. The van der Waals surface area contributed by atoms with Crippen LogP contribution in [-0.4, -0.2) is 36.3 Å². The van der Waals surface area contributed by atoms with Crippen molar-refractivity contribution in [1.29, 1.82) is 0 Å². The predicted molar refractivity (Wildman–Crippen MR) is 91.1 cm³/mol. The first kappa shape index (κ1) is 16.1. The van der Waals surface area contributed by atoms with Crippen LogP contribution in [0.2, 0.25) is 5.02 Å². The normalized spacial score (nSPS) is 29.3. The summed E-state index contributed by atoms with van der Waals surface area (Å²) in [7, 11) is 1.48. The number of imide groups is 1. The Kier molecular flexibility index (Phi) is 3.80. The fourth-order valence-corrected chi connectivity index (χ4v) is 4.40. The number of halogens is 1. The van der Waals surface area contributed by atoms with E-state index in [0.29, 0.717) is 16.5 Å². The van der Waals surface area contributed by atoms with Crippen molar-refractivity contribution >= 4 is 35.0 Å². The largest absolute Gasteiger partial charge is 0.495 e. The number of carbonyl (C=O) groups is 3. The molecule has 7 heteroatoms. The van der Waals surface area contributed by atoms with Crippen LogP contribution in [0.3, 0.4) is 0 Å². The molecule has 130 valence electrons. The van der Waals surface area contributed by atoms with Crippen LogP contribution >= 0.6 is 11.6 Å². The summed E-state index contributed by atoms with van der Waals surface area (Å²) in [4.78, 5) is 38.7. The number of fused-ring (bicyclic) bond motifs is 5. The van der Waals surface area contributed by atoms with Gasteiger partial charge in [0.2, 0.25) is 17.7 Å². The van der Waals surface area contributed by atoms with Gasteiger partial charge in [0.1, 0.15) is 12.3 Å². The Morgan fingerprint density at radius 2 is 1.88 bits per heavy atom. The Balaban J connectivity index is 1.48. The monoisotopic (exact) mass is 360 g/mol. The highest BCUT2D eigenvalue weighted by atomic mass is 35.5. The average molecular weight is 361 g/mol. The van der Waals surface area contributed by atoms with Gasteiger partial charge in [0.05, 0.1) is 24.6 Å². The van der Waals surface area contributed by atoms with E-state index in [2.05, 4.69) is 5.32 Å². The molecule has 3 aliphatic rings. The second-order valence-corrected chi connectivity index (χ2v) is 7.09. The Labute approximate surface area is 149 Å². The first-order chi connectivity index (χ1) is 12.0. The second-order valence-electron chi connectivity index (χ2n) is 6.66. The number of benzene rings is 1. The number of rotatable bonds is 4. The molecule has 4 atom stereocenters. The van der Waals surface area contributed by atoms with Crippen molar-refractivity contribution in [3.8, 4) is 5.75 Å². The maximum absolute atomic E-state index is 12.6. The van der Waals surface area contributed by atoms with Gasteiger partial charge < -0.3 is 10.1 Å². The summed E-state index contributed by atoms with van der Waals surface area (Å²) in [6, 6.07) is 4.84. The number of methoxy groups -OCH3 is 1. The van der Waals surface area contributed by atoms with Crippen molar-refractivity contribution in [3.05, 3.63) is 35.4 Å². The fourth-order valence-electron chi connectivity index (χ4n) is 4.23. The second kappa shape index (κ2) is 5.88. The summed E-state index contributed by atoms with van der Waals surface area (Å²) < 4.78 is 5.18. The molecule has 1 saturated carbocycles. The molecule has 0 aromatic heterocycles. The fraction of sp³-hybridized carbons (Fsp3) is 0.389. The molecule has 1 aliphatic heterocycles. The maximum Gasteiger partial charge on any atom is 0.244 e. The third-order valence-electron chi connectivity index (χ3n) is 5.30. The molecule has 4 rings (SSSR count). The Bertz CT molecular complexity index is 776. The first-order valence-corrected chi connectivity index (χ1v) is 8.54. The van der Waals surface area contributed by atoms with Crippen LogP contribution in [0, 0.1) is 23.7 Å². The van der Waals surface area contributed by atoms with Gasteiger partial charge >= 0.3 is 0 Å². The quantitative estimate of drug-likeness (QED) is 0.659. The SMILES string of the molecule is COc1ccc(Cl)cc1NC(=O)CN1C(=O)[C@H]2[C@H](C1=O)[C@H]1C=C[C@H]2C1.